The fourth-order valence-electron chi connectivity index (χ4n) is 5.04. The summed E-state index contributed by atoms with van der Waals surface area (Å²) in [4.78, 5) is 27.7. The average Bonchev–Trinajstić information content (AvgIpc) is 2.90. The van der Waals surface area contributed by atoms with Crippen LogP contribution in [0.15, 0.2) is 72.8 Å². The molecule has 3 aromatic rings. The van der Waals surface area contributed by atoms with E-state index in [0.717, 1.165) is 22.3 Å². The molecule has 0 aromatic heterocycles. The van der Waals surface area contributed by atoms with Crippen molar-refractivity contribution in [3.8, 4) is 5.75 Å². The van der Waals surface area contributed by atoms with Crippen molar-refractivity contribution in [2.24, 2.45) is 0 Å². The second-order valence-electron chi connectivity index (χ2n) is 9.82. The molecular weight excluding hydrogens is 470 g/mol. The Balaban J connectivity index is 1.43. The molecular formula is C30H31NO6. The summed E-state index contributed by atoms with van der Waals surface area (Å²) >= 11 is 0. The number of aryl methyl sites for hydroxylation is 1. The molecule has 3 aromatic carbocycles. The van der Waals surface area contributed by atoms with Gasteiger partial charge in [-0.3, -0.25) is 4.79 Å². The van der Waals surface area contributed by atoms with E-state index in [1.54, 1.807) is 0 Å². The van der Waals surface area contributed by atoms with Crippen LogP contribution in [0.5, 0.6) is 5.75 Å². The zero-order chi connectivity index (χ0) is 25.9. The number of hydrogen-bond donors (Lipinski definition) is 2. The van der Waals surface area contributed by atoms with Crippen molar-refractivity contribution in [2.75, 3.05) is 0 Å². The summed E-state index contributed by atoms with van der Waals surface area (Å²) in [5.74, 6) is -0.780. The van der Waals surface area contributed by atoms with E-state index in [4.69, 9.17) is 9.47 Å². The number of carboxylic acids is 1. The fraction of sp³-hybridized carbons (Fsp3) is 0.333. The van der Waals surface area contributed by atoms with Crippen molar-refractivity contribution in [1.82, 2.24) is 4.90 Å². The van der Waals surface area contributed by atoms with E-state index >= 15 is 0 Å². The first kappa shape index (κ1) is 25.0. The number of carboxylic acid groups (broad SMARTS) is 1. The van der Waals surface area contributed by atoms with Gasteiger partial charge < -0.3 is 24.6 Å². The molecule has 1 fully saturated rings. The van der Waals surface area contributed by atoms with Gasteiger partial charge in [0.2, 0.25) is 0 Å². The minimum absolute atomic E-state index is 0.145. The first-order valence-corrected chi connectivity index (χ1v) is 12.6. The number of ether oxygens (including phenoxy) is 2. The molecule has 2 aliphatic rings. The molecule has 37 heavy (non-hydrogen) atoms. The van der Waals surface area contributed by atoms with Gasteiger partial charge in [-0.2, -0.15) is 0 Å². The molecule has 7 nitrogen and oxygen atoms in total. The summed E-state index contributed by atoms with van der Waals surface area (Å²) in [6.07, 6.45) is -0.549. The molecule has 1 heterocycles. The van der Waals surface area contributed by atoms with Crippen LogP contribution < -0.4 is 4.74 Å². The van der Waals surface area contributed by atoms with E-state index in [0.29, 0.717) is 30.8 Å². The van der Waals surface area contributed by atoms with E-state index in [-0.39, 0.29) is 19.1 Å². The molecule has 5 rings (SSSR count). The van der Waals surface area contributed by atoms with Gasteiger partial charge in [-0.05, 0) is 42.0 Å². The van der Waals surface area contributed by atoms with Crippen LogP contribution in [0.4, 0.5) is 0 Å². The van der Waals surface area contributed by atoms with Crippen molar-refractivity contribution in [3.63, 3.8) is 0 Å². The summed E-state index contributed by atoms with van der Waals surface area (Å²) in [7, 11) is 0. The number of carbonyl (C=O) groups is 2. The fourth-order valence-corrected chi connectivity index (χ4v) is 5.04. The van der Waals surface area contributed by atoms with Crippen LogP contribution in [0.1, 0.15) is 46.8 Å². The van der Waals surface area contributed by atoms with Gasteiger partial charge in [0.15, 0.2) is 6.10 Å². The van der Waals surface area contributed by atoms with Crippen molar-refractivity contribution in [1.29, 1.82) is 0 Å². The molecule has 0 saturated heterocycles. The highest BCUT2D eigenvalue weighted by Gasteiger charge is 2.41. The van der Waals surface area contributed by atoms with Gasteiger partial charge in [0.1, 0.15) is 18.4 Å². The Kier molecular flexibility index (Phi) is 7.26. The number of benzene rings is 3. The van der Waals surface area contributed by atoms with E-state index in [2.05, 4.69) is 0 Å². The Labute approximate surface area is 216 Å². The quantitative estimate of drug-likeness (QED) is 0.481. The number of hydrogen-bond acceptors (Lipinski definition) is 5. The van der Waals surface area contributed by atoms with Gasteiger partial charge in [0.05, 0.1) is 12.2 Å². The SMILES string of the molecule is Cc1ccc2c(c1OCc1ccccc1)C[C@H](C(=O)O)N(C(=O)[C@H](O[C@H]1C[C@@H](O)C1)c1ccccc1)C2. The largest absolute Gasteiger partial charge is 0.488 e. The standard InChI is InChI=1S/C30H31NO6/c1-19-12-13-22-17-31(29(33)28(21-10-6-3-7-11-21)37-24-14-23(32)15-24)26(30(34)35)16-25(22)27(19)36-18-20-8-4-2-5-9-20/h2-13,23-24,26,28,32H,14-18H2,1H3,(H,34,35)/t23-,24+,26-,28-/m1/s1. The van der Waals surface area contributed by atoms with E-state index < -0.39 is 30.1 Å². The van der Waals surface area contributed by atoms with Crippen LogP contribution in [0, 0.1) is 6.92 Å². The number of carbonyl (C=O) groups excluding carboxylic acids is 1. The summed E-state index contributed by atoms with van der Waals surface area (Å²) in [5, 5.41) is 19.9. The lowest BCUT2D eigenvalue weighted by atomic mass is 9.90. The first-order valence-electron chi connectivity index (χ1n) is 12.6. The predicted molar refractivity (Wildman–Crippen MR) is 137 cm³/mol. The smallest absolute Gasteiger partial charge is 0.326 e. The number of nitrogens with zero attached hydrogens (tertiary/aromatic N) is 1. The average molecular weight is 502 g/mol. The highest BCUT2D eigenvalue weighted by atomic mass is 16.5. The lowest BCUT2D eigenvalue weighted by molar-refractivity contribution is -0.167. The highest BCUT2D eigenvalue weighted by molar-refractivity contribution is 5.88. The van der Waals surface area contributed by atoms with E-state index in [1.807, 2.05) is 79.7 Å². The van der Waals surface area contributed by atoms with Gasteiger partial charge in [-0.25, -0.2) is 4.79 Å². The third-order valence-electron chi connectivity index (χ3n) is 7.19. The Hall–Kier alpha value is -3.68. The van der Waals surface area contributed by atoms with E-state index in [1.165, 1.54) is 4.90 Å². The number of aliphatic carboxylic acids is 1. The Morgan fingerprint density at radius 2 is 1.68 bits per heavy atom. The highest BCUT2D eigenvalue weighted by Crippen LogP contribution is 2.37. The molecule has 2 atom stereocenters. The minimum Gasteiger partial charge on any atom is -0.488 e. The molecule has 192 valence electrons. The number of rotatable bonds is 8. The third-order valence-corrected chi connectivity index (χ3v) is 7.19. The second-order valence-corrected chi connectivity index (χ2v) is 9.82. The molecule has 0 bridgehead atoms. The summed E-state index contributed by atoms with van der Waals surface area (Å²) < 4.78 is 12.3. The first-order chi connectivity index (χ1) is 17.9. The van der Waals surface area contributed by atoms with Crippen LogP contribution in [-0.2, 0) is 33.9 Å². The normalized spacial score (nSPS) is 21.5. The maximum atomic E-state index is 13.9. The number of aliphatic hydroxyl groups excluding tert-OH is 1. The molecule has 1 amide bonds. The third kappa shape index (κ3) is 5.38. The van der Waals surface area contributed by atoms with Crippen molar-refractivity contribution >= 4 is 11.9 Å². The summed E-state index contributed by atoms with van der Waals surface area (Å²) in [6.45, 7) is 2.46. The Morgan fingerprint density at radius 1 is 1.00 bits per heavy atom. The zero-order valence-electron chi connectivity index (χ0n) is 20.7. The maximum absolute atomic E-state index is 13.9. The lowest BCUT2D eigenvalue weighted by Gasteiger charge is -2.39. The van der Waals surface area contributed by atoms with Crippen LogP contribution >= 0.6 is 0 Å². The lowest BCUT2D eigenvalue weighted by Crippen LogP contribution is -2.51. The summed E-state index contributed by atoms with van der Waals surface area (Å²) in [6, 6.07) is 21.8. The topological polar surface area (TPSA) is 96.3 Å². The zero-order valence-corrected chi connectivity index (χ0v) is 20.7. The molecule has 0 radical (unpaired) electrons. The van der Waals surface area contributed by atoms with Gasteiger partial charge in [0, 0.05) is 18.5 Å². The Morgan fingerprint density at radius 3 is 2.32 bits per heavy atom. The molecule has 7 heteroatoms. The van der Waals surface area contributed by atoms with E-state index in [9.17, 15) is 19.8 Å². The number of aliphatic hydroxyl groups is 1. The van der Waals surface area contributed by atoms with Gasteiger partial charge >= 0.3 is 5.97 Å². The van der Waals surface area contributed by atoms with Crippen molar-refractivity contribution in [2.45, 2.75) is 63.7 Å². The number of fused-ring (bicyclic) bond motifs is 1. The van der Waals surface area contributed by atoms with Crippen molar-refractivity contribution < 1.29 is 29.3 Å². The minimum atomic E-state index is -1.07. The Bertz CT molecular complexity index is 1260. The van der Waals surface area contributed by atoms with Crippen LogP contribution in [-0.4, -0.2) is 45.2 Å². The van der Waals surface area contributed by atoms with Crippen LogP contribution in [0.2, 0.25) is 0 Å². The predicted octanol–water partition coefficient (Wildman–Crippen LogP) is 4.19. The molecule has 2 N–H and O–H groups in total. The van der Waals surface area contributed by atoms with Crippen LogP contribution in [0.25, 0.3) is 0 Å². The second kappa shape index (κ2) is 10.7. The van der Waals surface area contributed by atoms with Gasteiger partial charge in [0.25, 0.3) is 5.91 Å². The van der Waals surface area contributed by atoms with Gasteiger partial charge in [-0.15, -0.1) is 0 Å². The molecule has 0 spiro atoms. The molecule has 1 aliphatic heterocycles. The van der Waals surface area contributed by atoms with Crippen molar-refractivity contribution in [3.05, 3.63) is 101 Å². The molecule has 0 unspecified atom stereocenters. The number of amides is 1. The summed E-state index contributed by atoms with van der Waals surface area (Å²) in [5.41, 5.74) is 4.30. The van der Waals surface area contributed by atoms with Gasteiger partial charge in [-0.1, -0.05) is 72.8 Å². The van der Waals surface area contributed by atoms with Crippen LogP contribution in [0.3, 0.4) is 0 Å². The molecule has 1 saturated carbocycles. The maximum Gasteiger partial charge on any atom is 0.326 e. The monoisotopic (exact) mass is 501 g/mol. The molecule has 1 aliphatic carbocycles.